The number of carbonyl (C=O) groups excluding carboxylic acids is 2. The van der Waals surface area contributed by atoms with Crippen LogP contribution in [0.4, 0.5) is 4.79 Å². The lowest BCUT2D eigenvalue weighted by atomic mass is 9.66. The molecule has 2 saturated heterocycles. The predicted octanol–water partition coefficient (Wildman–Crippen LogP) is 2.74. The zero-order valence-electron chi connectivity index (χ0n) is 20.9. The van der Waals surface area contributed by atoms with E-state index >= 15 is 0 Å². The third-order valence-electron chi connectivity index (χ3n) is 7.48. The first-order chi connectivity index (χ1) is 14.9. The third kappa shape index (κ3) is 6.82. The van der Waals surface area contributed by atoms with E-state index in [9.17, 15) is 14.9 Å². The molecule has 3 amide bonds. The number of ether oxygens (including phenoxy) is 1. The van der Waals surface area contributed by atoms with Crippen LogP contribution in [0, 0.1) is 22.2 Å². The molecule has 0 aliphatic carbocycles. The largest absolute Gasteiger partial charge is 0.378 e. The molecule has 8 heteroatoms. The number of nitrogens with one attached hydrogen (secondary N) is 2. The van der Waals surface area contributed by atoms with Crippen LogP contribution in [-0.2, 0) is 9.53 Å². The van der Waals surface area contributed by atoms with Gasteiger partial charge in [-0.15, -0.1) is 0 Å². The van der Waals surface area contributed by atoms with Gasteiger partial charge in [-0.2, -0.15) is 5.26 Å². The Labute approximate surface area is 194 Å². The maximum Gasteiger partial charge on any atom is 0.318 e. The Balaban J connectivity index is 2.15. The Morgan fingerprint density at radius 1 is 1.09 bits per heavy atom. The van der Waals surface area contributed by atoms with E-state index in [1.54, 1.807) is 4.90 Å². The van der Waals surface area contributed by atoms with Gasteiger partial charge in [0.2, 0.25) is 5.91 Å². The average Bonchev–Trinajstić information content (AvgIpc) is 2.74. The van der Waals surface area contributed by atoms with Gasteiger partial charge < -0.3 is 25.2 Å². The summed E-state index contributed by atoms with van der Waals surface area (Å²) in [6.45, 7) is 17.4. The summed E-state index contributed by atoms with van der Waals surface area (Å²) in [7, 11) is 0. The van der Waals surface area contributed by atoms with E-state index in [0.717, 1.165) is 26.1 Å². The van der Waals surface area contributed by atoms with Crippen LogP contribution in [0.5, 0.6) is 0 Å². The Morgan fingerprint density at radius 3 is 2.19 bits per heavy atom. The lowest BCUT2D eigenvalue weighted by Crippen LogP contribution is -2.61. The number of morpholine rings is 1. The highest BCUT2D eigenvalue weighted by Gasteiger charge is 2.42. The van der Waals surface area contributed by atoms with Crippen LogP contribution in [0.25, 0.3) is 0 Å². The fourth-order valence-corrected chi connectivity index (χ4v) is 4.09. The minimum Gasteiger partial charge on any atom is -0.378 e. The summed E-state index contributed by atoms with van der Waals surface area (Å²) in [5.74, 6) is -0.269. The summed E-state index contributed by atoms with van der Waals surface area (Å²) >= 11 is 0. The van der Waals surface area contributed by atoms with Crippen molar-refractivity contribution in [3.05, 3.63) is 0 Å². The number of hydrogen-bond donors (Lipinski definition) is 2. The van der Waals surface area contributed by atoms with E-state index in [-0.39, 0.29) is 22.8 Å². The number of urea groups is 1. The molecule has 2 rings (SSSR count). The number of nitriles is 1. The van der Waals surface area contributed by atoms with Crippen molar-refractivity contribution < 1.29 is 14.3 Å². The van der Waals surface area contributed by atoms with Crippen LogP contribution in [0.2, 0.25) is 0 Å². The van der Waals surface area contributed by atoms with Crippen LogP contribution in [0.3, 0.4) is 0 Å². The summed E-state index contributed by atoms with van der Waals surface area (Å²) < 4.78 is 5.34. The molecule has 8 nitrogen and oxygen atoms in total. The number of nitrogens with zero attached hydrogens (tertiary/aromatic N) is 3. The van der Waals surface area contributed by atoms with Gasteiger partial charge in [-0.25, -0.2) is 4.79 Å². The molecule has 0 aromatic rings. The Hall–Kier alpha value is -1.85. The van der Waals surface area contributed by atoms with E-state index < -0.39 is 11.6 Å². The molecule has 0 unspecified atom stereocenters. The molecule has 182 valence electrons. The molecule has 2 fully saturated rings. The van der Waals surface area contributed by atoms with Crippen molar-refractivity contribution in [2.24, 2.45) is 10.8 Å². The second-order valence-corrected chi connectivity index (χ2v) is 11.0. The fraction of sp³-hybridized carbons (Fsp3) is 0.875. The molecule has 2 N–H and O–H groups in total. The molecule has 2 aliphatic rings. The zero-order valence-corrected chi connectivity index (χ0v) is 20.9. The first kappa shape index (κ1) is 26.4. The topological polar surface area (TPSA) is 97.7 Å². The second-order valence-electron chi connectivity index (χ2n) is 11.0. The fourth-order valence-electron chi connectivity index (χ4n) is 4.09. The molecular formula is C24H43N5O3. The third-order valence-corrected chi connectivity index (χ3v) is 7.48. The molecule has 2 heterocycles. The molecule has 0 spiro atoms. The number of hydrogen-bond acceptors (Lipinski definition) is 5. The molecule has 0 saturated carbocycles. The van der Waals surface area contributed by atoms with Crippen LogP contribution >= 0.6 is 0 Å². The lowest BCUT2D eigenvalue weighted by molar-refractivity contribution is -0.126. The highest BCUT2D eigenvalue weighted by Crippen LogP contribution is 2.41. The lowest BCUT2D eigenvalue weighted by Gasteiger charge is -2.42. The first-order valence-electron chi connectivity index (χ1n) is 12.0. The van der Waals surface area contributed by atoms with Gasteiger partial charge in [0, 0.05) is 26.2 Å². The first-order valence-corrected chi connectivity index (χ1v) is 12.0. The van der Waals surface area contributed by atoms with Gasteiger partial charge in [0.1, 0.15) is 11.6 Å². The Bertz CT molecular complexity index is 681. The normalized spacial score (nSPS) is 20.8. The molecule has 0 aromatic carbocycles. The quantitative estimate of drug-likeness (QED) is 0.623. The number of likely N-dealkylation sites (tertiary alicyclic amines) is 1. The van der Waals surface area contributed by atoms with Crippen molar-refractivity contribution in [3.8, 4) is 6.07 Å². The average molecular weight is 450 g/mol. The predicted molar refractivity (Wildman–Crippen MR) is 125 cm³/mol. The van der Waals surface area contributed by atoms with Crippen LogP contribution in [-0.4, -0.2) is 79.3 Å². The smallest absolute Gasteiger partial charge is 0.318 e. The van der Waals surface area contributed by atoms with Gasteiger partial charge in [0.25, 0.3) is 0 Å². The van der Waals surface area contributed by atoms with Gasteiger partial charge in [0.05, 0.1) is 19.3 Å². The molecule has 0 aromatic heterocycles. The molecule has 0 bridgehead atoms. The van der Waals surface area contributed by atoms with Gasteiger partial charge >= 0.3 is 6.03 Å². The number of carbonyl (C=O) groups is 2. The van der Waals surface area contributed by atoms with Gasteiger partial charge in [0.15, 0.2) is 0 Å². The maximum absolute atomic E-state index is 13.5. The second kappa shape index (κ2) is 10.8. The number of rotatable bonds is 7. The van der Waals surface area contributed by atoms with E-state index in [1.807, 2.05) is 0 Å². The standard InChI is InChI=1S/C24H43N5O3/c1-7-10-28-11-8-24(18-25,9-12-28)27-20(30)19(17-23(5,6)22(2,3)4)26-21(31)29-13-15-32-16-14-29/h19H,7-17H2,1-6H3,(H,26,31)(H,27,30)/t19-/m0/s1. The van der Waals surface area contributed by atoms with Gasteiger partial charge in [-0.3, -0.25) is 4.79 Å². The molecule has 0 radical (unpaired) electrons. The van der Waals surface area contributed by atoms with Crippen molar-refractivity contribution in [2.45, 2.75) is 78.8 Å². The summed E-state index contributed by atoms with van der Waals surface area (Å²) in [6, 6.07) is 1.42. The molecule has 2 aliphatic heterocycles. The molecule has 1 atom stereocenters. The monoisotopic (exact) mass is 449 g/mol. The van der Waals surface area contributed by atoms with E-state index in [4.69, 9.17) is 4.74 Å². The SMILES string of the molecule is CCCN1CCC(C#N)(NC(=O)[C@H](CC(C)(C)C(C)(C)C)NC(=O)N2CCOCC2)CC1. The van der Waals surface area contributed by atoms with E-state index in [0.29, 0.717) is 45.6 Å². The van der Waals surface area contributed by atoms with E-state index in [1.165, 1.54) is 0 Å². The molecular weight excluding hydrogens is 406 g/mol. The van der Waals surface area contributed by atoms with Crippen molar-refractivity contribution >= 4 is 11.9 Å². The summed E-state index contributed by atoms with van der Waals surface area (Å²) in [6.07, 6.45) is 2.76. The highest BCUT2D eigenvalue weighted by molar-refractivity contribution is 5.88. The summed E-state index contributed by atoms with van der Waals surface area (Å²) in [5.41, 5.74) is -1.15. The van der Waals surface area contributed by atoms with Crippen molar-refractivity contribution in [3.63, 3.8) is 0 Å². The highest BCUT2D eigenvalue weighted by atomic mass is 16.5. The summed E-state index contributed by atoms with van der Waals surface area (Å²) in [5, 5.41) is 16.0. The van der Waals surface area contributed by atoms with E-state index in [2.05, 4.69) is 63.1 Å². The Morgan fingerprint density at radius 2 is 1.69 bits per heavy atom. The minimum absolute atomic E-state index is 0.0619. The maximum atomic E-state index is 13.5. The Kier molecular flexibility index (Phi) is 8.95. The molecule has 32 heavy (non-hydrogen) atoms. The van der Waals surface area contributed by atoms with Crippen molar-refractivity contribution in [1.29, 1.82) is 5.26 Å². The summed E-state index contributed by atoms with van der Waals surface area (Å²) in [4.78, 5) is 30.4. The number of piperidine rings is 1. The zero-order chi connectivity index (χ0) is 24.0. The van der Waals surface area contributed by atoms with Crippen molar-refractivity contribution in [2.75, 3.05) is 45.9 Å². The van der Waals surface area contributed by atoms with Crippen LogP contribution in [0.15, 0.2) is 0 Å². The minimum atomic E-state index is -0.880. The van der Waals surface area contributed by atoms with Crippen LogP contribution < -0.4 is 10.6 Å². The van der Waals surface area contributed by atoms with Gasteiger partial charge in [-0.05, 0) is 43.1 Å². The number of amides is 3. The van der Waals surface area contributed by atoms with Crippen LogP contribution in [0.1, 0.15) is 67.2 Å². The van der Waals surface area contributed by atoms with Crippen molar-refractivity contribution in [1.82, 2.24) is 20.4 Å². The van der Waals surface area contributed by atoms with Gasteiger partial charge in [-0.1, -0.05) is 41.5 Å².